The number of nitrogens with one attached hydrogen (secondary N) is 1. The van der Waals surface area contributed by atoms with Crippen molar-refractivity contribution < 1.29 is 0 Å². The van der Waals surface area contributed by atoms with Gasteiger partial charge in [-0.1, -0.05) is 0 Å². The Morgan fingerprint density at radius 2 is 2.12 bits per heavy atom. The molecule has 4 heteroatoms. The molecular formula is C12H22N4. The molecule has 0 spiro atoms. The van der Waals surface area contributed by atoms with Crippen molar-refractivity contribution in [2.24, 2.45) is 7.05 Å². The largest absolute Gasteiger partial charge is 0.356 e. The third kappa shape index (κ3) is 2.98. The van der Waals surface area contributed by atoms with Gasteiger partial charge in [-0.05, 0) is 45.8 Å². The molecule has 0 unspecified atom stereocenters. The fraction of sp³-hybridized carbons (Fsp3) is 0.750. The lowest BCUT2D eigenvalue weighted by molar-refractivity contribution is 0.337. The molecule has 1 aliphatic rings. The lowest BCUT2D eigenvalue weighted by atomic mass is 10.4. The maximum Gasteiger partial charge on any atom is 0.202 e. The van der Waals surface area contributed by atoms with Crippen LogP contribution in [-0.4, -0.2) is 40.6 Å². The van der Waals surface area contributed by atoms with Crippen LogP contribution in [0, 0.1) is 6.92 Å². The van der Waals surface area contributed by atoms with Gasteiger partial charge in [0.2, 0.25) is 5.95 Å². The summed E-state index contributed by atoms with van der Waals surface area (Å²) < 4.78 is 2.05. The fourth-order valence-electron chi connectivity index (χ4n) is 2.29. The van der Waals surface area contributed by atoms with Crippen LogP contribution in [0.15, 0.2) is 6.20 Å². The van der Waals surface area contributed by atoms with Gasteiger partial charge >= 0.3 is 0 Å². The zero-order valence-corrected chi connectivity index (χ0v) is 10.4. The van der Waals surface area contributed by atoms with Gasteiger partial charge in [0.25, 0.3) is 0 Å². The Balaban J connectivity index is 1.65. The van der Waals surface area contributed by atoms with Crippen LogP contribution in [0.4, 0.5) is 5.95 Å². The van der Waals surface area contributed by atoms with Gasteiger partial charge in [0.1, 0.15) is 0 Å². The Hall–Kier alpha value is -1.03. The number of hydrogen-bond donors (Lipinski definition) is 1. The zero-order valence-electron chi connectivity index (χ0n) is 10.4. The molecule has 0 aromatic carbocycles. The molecule has 90 valence electrons. The molecule has 4 nitrogen and oxygen atoms in total. The molecule has 1 saturated heterocycles. The smallest absolute Gasteiger partial charge is 0.202 e. The van der Waals surface area contributed by atoms with E-state index < -0.39 is 0 Å². The van der Waals surface area contributed by atoms with Crippen molar-refractivity contribution in [1.29, 1.82) is 0 Å². The summed E-state index contributed by atoms with van der Waals surface area (Å²) in [7, 11) is 2.03. The van der Waals surface area contributed by atoms with Crippen molar-refractivity contribution in [2.75, 3.05) is 31.5 Å². The van der Waals surface area contributed by atoms with Crippen molar-refractivity contribution in [1.82, 2.24) is 14.5 Å². The van der Waals surface area contributed by atoms with Crippen LogP contribution in [0.25, 0.3) is 0 Å². The molecule has 1 aromatic rings. The molecule has 0 amide bonds. The Morgan fingerprint density at radius 1 is 1.38 bits per heavy atom. The van der Waals surface area contributed by atoms with Gasteiger partial charge in [0, 0.05) is 19.8 Å². The SMILES string of the molecule is Cc1cn(C)c(NCCCN2CCCC2)n1. The third-order valence-corrected chi connectivity index (χ3v) is 3.13. The predicted molar refractivity (Wildman–Crippen MR) is 66.7 cm³/mol. The van der Waals surface area contributed by atoms with Crippen LogP contribution in [0.1, 0.15) is 25.0 Å². The van der Waals surface area contributed by atoms with Gasteiger partial charge in [0.15, 0.2) is 0 Å². The first kappa shape index (κ1) is 11.5. The van der Waals surface area contributed by atoms with E-state index in [1.54, 1.807) is 0 Å². The number of likely N-dealkylation sites (tertiary alicyclic amines) is 1. The molecule has 1 aliphatic heterocycles. The van der Waals surface area contributed by atoms with E-state index in [0.717, 1.165) is 18.2 Å². The quantitative estimate of drug-likeness (QED) is 0.769. The molecule has 0 radical (unpaired) electrons. The Morgan fingerprint density at radius 3 is 2.75 bits per heavy atom. The summed E-state index contributed by atoms with van der Waals surface area (Å²) in [5, 5.41) is 3.38. The topological polar surface area (TPSA) is 33.1 Å². The van der Waals surface area contributed by atoms with E-state index in [4.69, 9.17) is 0 Å². The second-order valence-corrected chi connectivity index (χ2v) is 4.65. The lowest BCUT2D eigenvalue weighted by Gasteiger charge is -2.14. The molecule has 1 N–H and O–H groups in total. The normalized spacial score (nSPS) is 16.9. The summed E-state index contributed by atoms with van der Waals surface area (Å²) in [4.78, 5) is 6.96. The van der Waals surface area contributed by atoms with Crippen LogP contribution in [-0.2, 0) is 7.05 Å². The molecule has 2 heterocycles. The minimum atomic E-state index is 0.985. The van der Waals surface area contributed by atoms with Gasteiger partial charge in [-0.25, -0.2) is 4.98 Å². The van der Waals surface area contributed by atoms with E-state index >= 15 is 0 Å². The Bertz CT molecular complexity index is 326. The van der Waals surface area contributed by atoms with Crippen molar-refractivity contribution in [3.05, 3.63) is 11.9 Å². The maximum absolute atomic E-state index is 4.42. The minimum absolute atomic E-state index is 0.985. The van der Waals surface area contributed by atoms with E-state index in [0.29, 0.717) is 0 Å². The van der Waals surface area contributed by atoms with Gasteiger partial charge < -0.3 is 14.8 Å². The molecule has 0 saturated carbocycles. The molecular weight excluding hydrogens is 200 g/mol. The van der Waals surface area contributed by atoms with E-state index in [1.807, 2.05) is 24.7 Å². The van der Waals surface area contributed by atoms with E-state index in [2.05, 4.69) is 15.2 Å². The van der Waals surface area contributed by atoms with E-state index in [-0.39, 0.29) is 0 Å². The van der Waals surface area contributed by atoms with Gasteiger partial charge in [-0.15, -0.1) is 0 Å². The summed E-state index contributed by atoms with van der Waals surface area (Å²) in [6.45, 7) is 6.84. The molecule has 1 fully saturated rings. The van der Waals surface area contributed by atoms with Crippen LogP contribution >= 0.6 is 0 Å². The van der Waals surface area contributed by atoms with Crippen molar-refractivity contribution in [3.63, 3.8) is 0 Å². The van der Waals surface area contributed by atoms with Crippen molar-refractivity contribution >= 4 is 5.95 Å². The third-order valence-electron chi connectivity index (χ3n) is 3.13. The second kappa shape index (κ2) is 5.34. The van der Waals surface area contributed by atoms with E-state index in [1.165, 1.54) is 38.9 Å². The summed E-state index contributed by atoms with van der Waals surface area (Å²) >= 11 is 0. The summed E-state index contributed by atoms with van der Waals surface area (Å²) in [6, 6.07) is 0. The monoisotopic (exact) mass is 222 g/mol. The van der Waals surface area contributed by atoms with Gasteiger partial charge in [-0.3, -0.25) is 0 Å². The van der Waals surface area contributed by atoms with Crippen molar-refractivity contribution in [3.8, 4) is 0 Å². The lowest BCUT2D eigenvalue weighted by Crippen LogP contribution is -2.22. The average molecular weight is 222 g/mol. The van der Waals surface area contributed by atoms with Crippen LogP contribution in [0.2, 0.25) is 0 Å². The Kier molecular flexibility index (Phi) is 3.83. The first-order valence-corrected chi connectivity index (χ1v) is 6.22. The van der Waals surface area contributed by atoms with Gasteiger partial charge in [-0.2, -0.15) is 0 Å². The number of aromatic nitrogens is 2. The molecule has 16 heavy (non-hydrogen) atoms. The van der Waals surface area contributed by atoms with Crippen molar-refractivity contribution in [2.45, 2.75) is 26.2 Å². The summed E-state index contributed by atoms with van der Waals surface area (Å²) in [5.41, 5.74) is 1.07. The molecule has 1 aromatic heterocycles. The first-order chi connectivity index (χ1) is 7.75. The second-order valence-electron chi connectivity index (χ2n) is 4.65. The summed E-state index contributed by atoms with van der Waals surface area (Å²) in [5.74, 6) is 0.985. The molecule has 0 aliphatic carbocycles. The Labute approximate surface area is 97.7 Å². The summed E-state index contributed by atoms with van der Waals surface area (Å²) in [6.07, 6.45) is 6.01. The number of imidazole rings is 1. The average Bonchev–Trinajstić information content (AvgIpc) is 2.84. The highest BCUT2D eigenvalue weighted by atomic mass is 15.2. The molecule has 2 rings (SSSR count). The highest BCUT2D eigenvalue weighted by molar-refractivity contribution is 5.27. The number of hydrogen-bond acceptors (Lipinski definition) is 3. The fourth-order valence-corrected chi connectivity index (χ4v) is 2.29. The minimum Gasteiger partial charge on any atom is -0.356 e. The van der Waals surface area contributed by atoms with Crippen LogP contribution in [0.3, 0.4) is 0 Å². The highest BCUT2D eigenvalue weighted by Crippen LogP contribution is 2.08. The zero-order chi connectivity index (χ0) is 11.4. The number of rotatable bonds is 5. The number of aryl methyl sites for hydroxylation is 2. The standard InChI is InChI=1S/C12H22N4/c1-11-10-15(2)12(14-11)13-6-5-9-16-7-3-4-8-16/h10H,3-9H2,1-2H3,(H,13,14). The van der Waals surface area contributed by atoms with Gasteiger partial charge in [0.05, 0.1) is 5.69 Å². The number of nitrogens with zero attached hydrogens (tertiary/aromatic N) is 3. The number of anilines is 1. The van der Waals surface area contributed by atoms with Crippen LogP contribution < -0.4 is 5.32 Å². The van der Waals surface area contributed by atoms with E-state index in [9.17, 15) is 0 Å². The maximum atomic E-state index is 4.42. The molecule has 0 atom stereocenters. The predicted octanol–water partition coefficient (Wildman–Crippen LogP) is 1.63. The first-order valence-electron chi connectivity index (χ1n) is 6.22. The van der Waals surface area contributed by atoms with Crippen LogP contribution in [0.5, 0.6) is 0 Å². The molecule has 0 bridgehead atoms. The highest BCUT2D eigenvalue weighted by Gasteiger charge is 2.10.